The molecule has 1 aromatic heterocycles. The molecule has 2 aromatic carbocycles. The number of nitrogens with one attached hydrogen (secondary N) is 1. The van der Waals surface area contributed by atoms with Gasteiger partial charge in [-0.25, -0.2) is 5.48 Å². The Morgan fingerprint density at radius 3 is 2.90 bits per heavy atom. The monoisotopic (exact) mass is 405 g/mol. The molecule has 0 saturated heterocycles. The van der Waals surface area contributed by atoms with Gasteiger partial charge in [0, 0.05) is 43.5 Å². The second-order valence-corrected chi connectivity index (χ2v) is 7.65. The first-order valence-corrected chi connectivity index (χ1v) is 10.3. The van der Waals surface area contributed by atoms with Crippen LogP contribution in [-0.4, -0.2) is 45.4 Å². The molecule has 0 radical (unpaired) electrons. The van der Waals surface area contributed by atoms with Gasteiger partial charge >= 0.3 is 0 Å². The van der Waals surface area contributed by atoms with Crippen molar-refractivity contribution in [2.24, 2.45) is 0 Å². The molecular formula is C24H27N3O3. The van der Waals surface area contributed by atoms with E-state index in [0.717, 1.165) is 31.5 Å². The minimum Gasteiger partial charge on any atom is -0.395 e. The predicted molar refractivity (Wildman–Crippen MR) is 117 cm³/mol. The zero-order chi connectivity index (χ0) is 20.9. The largest absolute Gasteiger partial charge is 0.395 e. The Balaban J connectivity index is 1.49. The van der Waals surface area contributed by atoms with Gasteiger partial charge in [-0.3, -0.25) is 14.9 Å². The van der Waals surface area contributed by atoms with Crippen molar-refractivity contribution in [3.05, 3.63) is 77.5 Å². The molecule has 1 aliphatic carbocycles. The number of aliphatic hydroxyl groups is 1. The van der Waals surface area contributed by atoms with E-state index in [1.807, 2.05) is 6.07 Å². The minimum atomic E-state index is -0.542. The van der Waals surface area contributed by atoms with Crippen molar-refractivity contribution in [1.82, 2.24) is 14.9 Å². The highest BCUT2D eigenvalue weighted by Gasteiger charge is 2.27. The molecule has 30 heavy (non-hydrogen) atoms. The van der Waals surface area contributed by atoms with Crippen LogP contribution < -0.4 is 5.48 Å². The summed E-state index contributed by atoms with van der Waals surface area (Å²) in [5.41, 5.74) is 6.35. The molecule has 1 amide bonds. The molecule has 1 unspecified atom stereocenters. The van der Waals surface area contributed by atoms with Crippen molar-refractivity contribution in [3.63, 3.8) is 0 Å². The molecule has 0 spiro atoms. The smallest absolute Gasteiger partial charge is 0.267 e. The topological polar surface area (TPSA) is 77.7 Å². The molecule has 1 heterocycles. The molecule has 1 atom stereocenters. The van der Waals surface area contributed by atoms with Gasteiger partial charge in [-0.2, -0.15) is 0 Å². The number of hydrogen-bond donors (Lipinski definition) is 3. The lowest BCUT2D eigenvalue weighted by Gasteiger charge is -2.29. The Bertz CT molecular complexity index is 1060. The number of rotatable bonds is 8. The van der Waals surface area contributed by atoms with E-state index in [1.165, 1.54) is 28.1 Å². The van der Waals surface area contributed by atoms with Crippen molar-refractivity contribution in [3.8, 4) is 0 Å². The predicted octanol–water partition coefficient (Wildman–Crippen LogP) is 3.14. The van der Waals surface area contributed by atoms with Gasteiger partial charge < -0.3 is 9.67 Å². The lowest BCUT2D eigenvalue weighted by molar-refractivity contribution is -0.124. The first kappa shape index (κ1) is 20.3. The Morgan fingerprint density at radius 1 is 1.20 bits per heavy atom. The number of para-hydroxylation sites is 1. The molecular weight excluding hydrogens is 378 g/mol. The molecule has 1 aliphatic rings. The summed E-state index contributed by atoms with van der Waals surface area (Å²) in [5.74, 6) is -0.542. The number of carbonyl (C=O) groups is 1. The first-order chi connectivity index (χ1) is 14.7. The van der Waals surface area contributed by atoms with Crippen LogP contribution in [0.4, 0.5) is 0 Å². The maximum absolute atomic E-state index is 11.2. The zero-order valence-corrected chi connectivity index (χ0v) is 16.9. The number of aliphatic hydroxyl groups excluding tert-OH is 1. The van der Waals surface area contributed by atoms with Gasteiger partial charge in [0.1, 0.15) is 0 Å². The fraction of sp³-hybridized carbons (Fsp3) is 0.292. The number of hydroxylamine groups is 1. The first-order valence-electron chi connectivity index (χ1n) is 10.3. The normalized spacial score (nSPS) is 15.9. The molecule has 0 bridgehead atoms. The summed E-state index contributed by atoms with van der Waals surface area (Å²) in [6, 6.07) is 17.0. The zero-order valence-electron chi connectivity index (χ0n) is 16.9. The maximum Gasteiger partial charge on any atom is 0.267 e. The van der Waals surface area contributed by atoms with Crippen molar-refractivity contribution < 1.29 is 15.1 Å². The van der Waals surface area contributed by atoms with Crippen LogP contribution in [0.5, 0.6) is 0 Å². The summed E-state index contributed by atoms with van der Waals surface area (Å²) < 4.78 is 2.27. The van der Waals surface area contributed by atoms with Crippen molar-refractivity contribution in [1.29, 1.82) is 0 Å². The van der Waals surface area contributed by atoms with Crippen LogP contribution in [-0.2, 0) is 17.8 Å². The van der Waals surface area contributed by atoms with Crippen LogP contribution in [0.25, 0.3) is 17.0 Å². The minimum absolute atomic E-state index is 0.134. The molecule has 156 valence electrons. The Hall–Kier alpha value is -2.93. The summed E-state index contributed by atoms with van der Waals surface area (Å²) >= 11 is 0. The van der Waals surface area contributed by atoms with Gasteiger partial charge in [0.25, 0.3) is 5.91 Å². The summed E-state index contributed by atoms with van der Waals surface area (Å²) in [5, 5.41) is 19.5. The average molecular weight is 405 g/mol. The lowest BCUT2D eigenvalue weighted by atomic mass is 10.0. The SMILES string of the molecule is O=C(C=Cc1ccc2c(c1)CCC2N(CCO)CCn1ccc2ccccc21)NO. The number of fused-ring (bicyclic) bond motifs is 2. The van der Waals surface area contributed by atoms with Gasteiger partial charge in [0.15, 0.2) is 0 Å². The number of aryl methyl sites for hydroxylation is 1. The van der Waals surface area contributed by atoms with Crippen LogP contribution in [0.15, 0.2) is 60.8 Å². The van der Waals surface area contributed by atoms with E-state index in [2.05, 4.69) is 58.1 Å². The fourth-order valence-electron chi connectivity index (χ4n) is 4.43. The van der Waals surface area contributed by atoms with Gasteiger partial charge in [-0.15, -0.1) is 0 Å². The summed E-state index contributed by atoms with van der Waals surface area (Å²) in [7, 11) is 0. The molecule has 0 aliphatic heterocycles. The highest BCUT2D eigenvalue weighted by atomic mass is 16.5. The van der Waals surface area contributed by atoms with E-state index < -0.39 is 5.91 Å². The fourth-order valence-corrected chi connectivity index (χ4v) is 4.43. The molecule has 0 saturated carbocycles. The van der Waals surface area contributed by atoms with Gasteiger partial charge in [-0.05, 0) is 53.1 Å². The Morgan fingerprint density at radius 2 is 2.07 bits per heavy atom. The highest BCUT2D eigenvalue weighted by molar-refractivity contribution is 5.90. The molecule has 3 aromatic rings. The van der Waals surface area contributed by atoms with Crippen molar-refractivity contribution in [2.75, 3.05) is 19.7 Å². The standard InChI is InChI=1S/C24H27N3O3/c28-16-15-27(14-13-26-12-11-19-3-1-2-4-22(19)26)23-9-7-20-17-18(5-8-21(20)23)6-10-24(29)25-30/h1-6,8,10-12,17,23,28,30H,7,9,13-16H2,(H,25,29). The van der Waals surface area contributed by atoms with Crippen LogP contribution in [0.3, 0.4) is 0 Å². The van der Waals surface area contributed by atoms with Crippen molar-refractivity contribution >= 4 is 22.9 Å². The quantitative estimate of drug-likeness (QED) is 0.306. The highest BCUT2D eigenvalue weighted by Crippen LogP contribution is 2.36. The summed E-state index contributed by atoms with van der Waals surface area (Å²) in [6.07, 6.45) is 7.13. The Kier molecular flexibility index (Phi) is 6.28. The van der Waals surface area contributed by atoms with Crippen LogP contribution >= 0.6 is 0 Å². The van der Waals surface area contributed by atoms with Crippen LogP contribution in [0, 0.1) is 0 Å². The third-order valence-corrected chi connectivity index (χ3v) is 5.89. The molecule has 3 N–H and O–H groups in total. The number of carbonyl (C=O) groups excluding carboxylic acids is 1. The second-order valence-electron chi connectivity index (χ2n) is 7.65. The molecule has 6 heteroatoms. The van der Waals surface area contributed by atoms with E-state index in [1.54, 1.807) is 11.6 Å². The van der Waals surface area contributed by atoms with Crippen molar-refractivity contribution in [2.45, 2.75) is 25.4 Å². The summed E-state index contributed by atoms with van der Waals surface area (Å²) in [4.78, 5) is 13.6. The van der Waals surface area contributed by atoms with E-state index in [0.29, 0.717) is 6.54 Å². The maximum atomic E-state index is 11.2. The lowest BCUT2D eigenvalue weighted by Crippen LogP contribution is -2.33. The number of benzene rings is 2. The van der Waals surface area contributed by atoms with E-state index in [9.17, 15) is 9.90 Å². The van der Waals surface area contributed by atoms with Crippen LogP contribution in [0.2, 0.25) is 0 Å². The van der Waals surface area contributed by atoms with E-state index >= 15 is 0 Å². The molecule has 4 rings (SSSR count). The second kappa shape index (κ2) is 9.26. The third-order valence-electron chi connectivity index (χ3n) is 5.89. The van der Waals surface area contributed by atoms with Gasteiger partial charge in [0.05, 0.1) is 6.61 Å². The number of aromatic nitrogens is 1. The average Bonchev–Trinajstić information content (AvgIpc) is 3.39. The van der Waals surface area contributed by atoms with Gasteiger partial charge in [-0.1, -0.05) is 36.4 Å². The van der Waals surface area contributed by atoms with Gasteiger partial charge in [0.2, 0.25) is 0 Å². The van der Waals surface area contributed by atoms with E-state index in [-0.39, 0.29) is 12.6 Å². The third kappa shape index (κ3) is 4.31. The summed E-state index contributed by atoms with van der Waals surface area (Å²) in [6.45, 7) is 2.51. The Labute approximate surface area is 176 Å². The van der Waals surface area contributed by atoms with E-state index in [4.69, 9.17) is 5.21 Å². The number of nitrogens with zero attached hydrogens (tertiary/aromatic N) is 2. The molecule has 0 fully saturated rings. The van der Waals surface area contributed by atoms with Crippen LogP contribution in [0.1, 0.15) is 29.2 Å². The molecule has 6 nitrogen and oxygen atoms in total. The number of amides is 1. The number of hydrogen-bond acceptors (Lipinski definition) is 4.